The molecular formula is C13H13FN2O5. The zero-order chi connectivity index (χ0) is 15.9. The van der Waals surface area contributed by atoms with Gasteiger partial charge < -0.3 is 10.4 Å². The first-order chi connectivity index (χ1) is 9.66. The van der Waals surface area contributed by atoms with Crippen molar-refractivity contribution in [3.05, 3.63) is 34.1 Å². The summed E-state index contributed by atoms with van der Waals surface area (Å²) in [4.78, 5) is 32.8. The number of nitro benzene ring substituents is 1. The molecule has 2 rings (SSSR count). The Labute approximate surface area is 118 Å². The molecule has 1 aromatic rings. The van der Waals surface area contributed by atoms with Crippen LogP contribution in [-0.2, 0) is 9.59 Å². The van der Waals surface area contributed by atoms with Crippen LogP contribution in [0.25, 0.3) is 0 Å². The Morgan fingerprint density at radius 2 is 2.00 bits per heavy atom. The van der Waals surface area contributed by atoms with Crippen molar-refractivity contribution in [3.8, 4) is 0 Å². The van der Waals surface area contributed by atoms with Gasteiger partial charge in [0.2, 0.25) is 11.7 Å². The van der Waals surface area contributed by atoms with E-state index in [1.54, 1.807) is 13.8 Å². The average Bonchev–Trinajstić information content (AvgIpc) is 2.94. The summed E-state index contributed by atoms with van der Waals surface area (Å²) in [7, 11) is 0. The lowest BCUT2D eigenvalue weighted by molar-refractivity contribution is -0.387. The molecule has 1 saturated carbocycles. The highest BCUT2D eigenvalue weighted by Crippen LogP contribution is 2.58. The molecule has 2 N–H and O–H groups in total. The molecule has 1 fully saturated rings. The van der Waals surface area contributed by atoms with Gasteiger partial charge in [-0.25, -0.2) is 0 Å². The number of rotatable bonds is 4. The van der Waals surface area contributed by atoms with Crippen molar-refractivity contribution in [2.75, 3.05) is 5.32 Å². The summed E-state index contributed by atoms with van der Waals surface area (Å²) in [6.45, 7) is 3.31. The highest BCUT2D eigenvalue weighted by atomic mass is 19.1. The Hall–Kier alpha value is -2.51. The van der Waals surface area contributed by atoms with Crippen molar-refractivity contribution in [1.82, 2.24) is 0 Å². The number of nitrogens with zero attached hydrogens (tertiary/aromatic N) is 1. The molecule has 8 heteroatoms. The van der Waals surface area contributed by atoms with Gasteiger partial charge in [0.05, 0.1) is 16.8 Å². The standard InChI is InChI=1S/C13H13FN2O5/c1-13(2)9(10(13)12(18)19)11(17)15-6-3-4-7(14)8(5-6)16(20)21/h3-5,9-10H,1-2H3,(H,15,17)(H,18,19)/t9-,10+/m1/s1. The third-order valence-corrected chi connectivity index (χ3v) is 3.79. The molecule has 0 spiro atoms. The van der Waals surface area contributed by atoms with Crippen molar-refractivity contribution in [2.45, 2.75) is 13.8 Å². The fraction of sp³-hybridized carbons (Fsp3) is 0.385. The van der Waals surface area contributed by atoms with Gasteiger partial charge in [-0.2, -0.15) is 4.39 Å². The average molecular weight is 296 g/mol. The number of anilines is 1. The van der Waals surface area contributed by atoms with Crippen molar-refractivity contribution >= 4 is 23.3 Å². The molecule has 1 aromatic carbocycles. The predicted molar refractivity (Wildman–Crippen MR) is 70.1 cm³/mol. The topological polar surface area (TPSA) is 110 Å². The van der Waals surface area contributed by atoms with Crippen LogP contribution in [0.15, 0.2) is 18.2 Å². The van der Waals surface area contributed by atoms with Crippen molar-refractivity contribution in [3.63, 3.8) is 0 Å². The Kier molecular flexibility index (Phi) is 3.40. The molecule has 2 atom stereocenters. The number of halogens is 1. The van der Waals surface area contributed by atoms with Crippen LogP contribution in [0.3, 0.4) is 0 Å². The van der Waals surface area contributed by atoms with E-state index >= 15 is 0 Å². The number of aliphatic carboxylic acids is 1. The SMILES string of the molecule is CC1(C)[C@H](C(=O)O)[C@@H]1C(=O)Nc1ccc(F)c([N+](=O)[O-])c1. The summed E-state index contributed by atoms with van der Waals surface area (Å²) >= 11 is 0. The van der Waals surface area contributed by atoms with Crippen molar-refractivity contribution < 1.29 is 24.0 Å². The minimum atomic E-state index is -1.06. The summed E-state index contributed by atoms with van der Waals surface area (Å²) in [6.07, 6.45) is 0. The molecule has 7 nitrogen and oxygen atoms in total. The quantitative estimate of drug-likeness (QED) is 0.652. The monoisotopic (exact) mass is 296 g/mol. The van der Waals surface area contributed by atoms with Gasteiger partial charge in [0.25, 0.3) is 0 Å². The lowest BCUT2D eigenvalue weighted by atomic mass is 10.1. The van der Waals surface area contributed by atoms with Gasteiger partial charge in [0.1, 0.15) is 0 Å². The number of carboxylic acids is 1. The third-order valence-electron chi connectivity index (χ3n) is 3.79. The maximum atomic E-state index is 13.2. The number of amides is 1. The second-order valence-electron chi connectivity index (χ2n) is 5.53. The van der Waals surface area contributed by atoms with Crippen LogP contribution in [0.2, 0.25) is 0 Å². The molecule has 0 bridgehead atoms. The molecule has 0 aliphatic heterocycles. The largest absolute Gasteiger partial charge is 0.481 e. The van der Waals surface area contributed by atoms with Crippen molar-refractivity contribution in [2.24, 2.45) is 17.3 Å². The summed E-state index contributed by atoms with van der Waals surface area (Å²) < 4.78 is 13.2. The second-order valence-corrected chi connectivity index (χ2v) is 5.53. The van der Waals surface area contributed by atoms with E-state index in [9.17, 15) is 24.1 Å². The lowest BCUT2D eigenvalue weighted by Gasteiger charge is -2.06. The fourth-order valence-electron chi connectivity index (χ4n) is 2.54. The van der Waals surface area contributed by atoms with Crippen LogP contribution < -0.4 is 5.32 Å². The van der Waals surface area contributed by atoms with Gasteiger partial charge in [0, 0.05) is 11.8 Å². The molecular weight excluding hydrogens is 283 g/mol. The van der Waals surface area contributed by atoms with Gasteiger partial charge >= 0.3 is 11.7 Å². The van der Waals surface area contributed by atoms with E-state index < -0.39 is 45.6 Å². The molecule has 1 aliphatic carbocycles. The van der Waals surface area contributed by atoms with E-state index in [1.165, 1.54) is 6.07 Å². The van der Waals surface area contributed by atoms with Gasteiger partial charge in [-0.3, -0.25) is 19.7 Å². The highest BCUT2D eigenvalue weighted by Gasteiger charge is 2.65. The van der Waals surface area contributed by atoms with Gasteiger partial charge in [-0.05, 0) is 17.5 Å². The molecule has 112 valence electrons. The number of carboxylic acid groups (broad SMARTS) is 1. The van der Waals surface area contributed by atoms with Gasteiger partial charge in [-0.15, -0.1) is 0 Å². The Morgan fingerprint density at radius 1 is 1.38 bits per heavy atom. The van der Waals surface area contributed by atoms with Crippen LogP contribution in [0, 0.1) is 33.2 Å². The summed E-state index contributed by atoms with van der Waals surface area (Å²) in [6, 6.07) is 2.96. The number of hydrogen-bond acceptors (Lipinski definition) is 4. The Balaban J connectivity index is 2.17. The first-order valence-electron chi connectivity index (χ1n) is 6.14. The molecule has 21 heavy (non-hydrogen) atoms. The van der Waals surface area contributed by atoms with Gasteiger partial charge in [0.15, 0.2) is 0 Å². The van der Waals surface area contributed by atoms with Crippen LogP contribution in [0.1, 0.15) is 13.8 Å². The van der Waals surface area contributed by atoms with Crippen LogP contribution in [0.4, 0.5) is 15.8 Å². The summed E-state index contributed by atoms with van der Waals surface area (Å²) in [5.74, 6) is -4.14. The van der Waals surface area contributed by atoms with Gasteiger partial charge in [-0.1, -0.05) is 13.8 Å². The summed E-state index contributed by atoms with van der Waals surface area (Å²) in [5.41, 5.74) is -1.38. The molecule has 0 aromatic heterocycles. The number of carbonyl (C=O) groups excluding carboxylic acids is 1. The minimum absolute atomic E-state index is 0.0555. The lowest BCUT2D eigenvalue weighted by Crippen LogP contribution is -2.17. The predicted octanol–water partition coefficient (Wildman–Crippen LogP) is 2.03. The summed E-state index contributed by atoms with van der Waals surface area (Å²) in [5, 5.41) is 22.0. The third kappa shape index (κ3) is 2.56. The van der Waals surface area contributed by atoms with E-state index in [2.05, 4.69) is 5.32 Å². The van der Waals surface area contributed by atoms with Crippen LogP contribution in [0.5, 0.6) is 0 Å². The van der Waals surface area contributed by atoms with E-state index in [4.69, 9.17) is 5.11 Å². The molecule has 0 unspecified atom stereocenters. The number of hydrogen-bond donors (Lipinski definition) is 2. The molecule has 1 amide bonds. The van der Waals surface area contributed by atoms with Crippen molar-refractivity contribution in [1.29, 1.82) is 0 Å². The maximum Gasteiger partial charge on any atom is 0.307 e. The van der Waals surface area contributed by atoms with E-state index in [0.29, 0.717) is 0 Å². The molecule has 1 aliphatic rings. The Bertz CT molecular complexity index is 643. The smallest absolute Gasteiger partial charge is 0.307 e. The Morgan fingerprint density at radius 3 is 2.48 bits per heavy atom. The molecule has 0 saturated heterocycles. The number of benzene rings is 1. The first-order valence-corrected chi connectivity index (χ1v) is 6.14. The molecule has 0 radical (unpaired) electrons. The number of nitrogens with one attached hydrogen (secondary N) is 1. The van der Waals surface area contributed by atoms with E-state index in [1.807, 2.05) is 0 Å². The normalized spacial score (nSPS) is 22.4. The maximum absolute atomic E-state index is 13.2. The first kappa shape index (κ1) is 14.9. The zero-order valence-corrected chi connectivity index (χ0v) is 11.3. The number of nitro groups is 1. The zero-order valence-electron chi connectivity index (χ0n) is 11.3. The fourth-order valence-corrected chi connectivity index (χ4v) is 2.54. The number of carbonyl (C=O) groups is 2. The van der Waals surface area contributed by atoms with Crippen LogP contribution in [-0.4, -0.2) is 21.9 Å². The van der Waals surface area contributed by atoms with E-state index in [0.717, 1.165) is 12.1 Å². The van der Waals surface area contributed by atoms with E-state index in [-0.39, 0.29) is 5.69 Å². The highest BCUT2D eigenvalue weighted by molar-refractivity contribution is 5.99. The molecule has 0 heterocycles. The van der Waals surface area contributed by atoms with Crippen LogP contribution >= 0.6 is 0 Å². The second kappa shape index (κ2) is 4.80. The minimum Gasteiger partial charge on any atom is -0.481 e.